The van der Waals surface area contributed by atoms with Gasteiger partial charge in [0.2, 0.25) is 11.8 Å². The van der Waals surface area contributed by atoms with E-state index >= 15 is 0 Å². The van der Waals surface area contributed by atoms with Gasteiger partial charge in [0.05, 0.1) is 34.8 Å². The number of rotatable bonds is 9. The van der Waals surface area contributed by atoms with Crippen molar-refractivity contribution in [2.24, 2.45) is 23.7 Å². The van der Waals surface area contributed by atoms with E-state index in [1.807, 2.05) is 26.8 Å². The number of carbonyl (C=O) groups is 2. The van der Waals surface area contributed by atoms with Gasteiger partial charge >= 0.3 is 19.5 Å². The summed E-state index contributed by atoms with van der Waals surface area (Å²) in [6.07, 6.45) is -6.55. The molecule has 2 amide bonds. The van der Waals surface area contributed by atoms with Crippen LogP contribution in [-0.2, 0) is 33.2 Å². The van der Waals surface area contributed by atoms with Crippen LogP contribution in [0.5, 0.6) is 0 Å². The quantitative estimate of drug-likeness (QED) is 0.125. The zero-order valence-electron chi connectivity index (χ0n) is 26.1. The Morgan fingerprint density at radius 2 is 1.68 bits per heavy atom. The highest BCUT2D eigenvalue weighted by molar-refractivity contribution is 6.43. The number of allylic oxidation sites excluding steroid dienone is 2. The van der Waals surface area contributed by atoms with Gasteiger partial charge in [-0.2, -0.15) is 26.3 Å². The summed E-state index contributed by atoms with van der Waals surface area (Å²) in [4.78, 5) is 28.2. The number of aliphatic hydroxyl groups excluding tert-OH is 1. The molecule has 2 aliphatic heterocycles. The zero-order valence-corrected chi connectivity index (χ0v) is 26.1. The molecule has 0 saturated carbocycles. The topological polar surface area (TPSA) is 100 Å². The van der Waals surface area contributed by atoms with E-state index < -0.39 is 72.0 Å². The van der Waals surface area contributed by atoms with Crippen LogP contribution in [0.4, 0.5) is 32.0 Å². The fourth-order valence-electron chi connectivity index (χ4n) is 7.24. The zero-order chi connectivity index (χ0) is 34.4. The lowest BCUT2D eigenvalue weighted by molar-refractivity contribution is -0.143. The molecule has 0 bridgehead atoms. The predicted octanol–water partition coefficient (Wildman–Crippen LogP) is 7.43. The molecule has 14 heteroatoms. The maximum Gasteiger partial charge on any atom is 0.455 e. The van der Waals surface area contributed by atoms with E-state index in [0.717, 1.165) is 29.6 Å². The molecule has 3 heterocycles. The first-order valence-corrected chi connectivity index (χ1v) is 15.7. The number of fused-ring (bicyclic) bond motifs is 3. The number of benzene rings is 1. The van der Waals surface area contributed by atoms with Crippen molar-refractivity contribution in [3.05, 3.63) is 69.7 Å². The Balaban J connectivity index is 1.49. The van der Waals surface area contributed by atoms with Gasteiger partial charge in [-0.25, -0.2) is 4.90 Å². The van der Waals surface area contributed by atoms with Crippen molar-refractivity contribution in [3.63, 3.8) is 0 Å². The third kappa shape index (κ3) is 7.10. The number of anilines is 1. The maximum atomic E-state index is 14.0. The van der Waals surface area contributed by atoms with E-state index in [1.165, 1.54) is 0 Å². The van der Waals surface area contributed by atoms with Gasteiger partial charge in [0, 0.05) is 0 Å². The monoisotopic (exact) mass is 667 g/mol. The van der Waals surface area contributed by atoms with Crippen LogP contribution in [0.3, 0.4) is 0 Å². The number of alkyl halides is 6. The summed E-state index contributed by atoms with van der Waals surface area (Å²) in [6.45, 7) is 5.59. The van der Waals surface area contributed by atoms with Crippen LogP contribution in [0, 0.1) is 23.7 Å². The number of nitrogens with zero attached hydrogens (tertiary/aromatic N) is 1. The predicted molar refractivity (Wildman–Crippen MR) is 160 cm³/mol. The summed E-state index contributed by atoms with van der Waals surface area (Å²) in [5, 5.41) is 20.2. The van der Waals surface area contributed by atoms with E-state index in [4.69, 9.17) is 9.07 Å². The molecule has 0 spiro atoms. The molecule has 2 fully saturated rings. The Morgan fingerprint density at radius 3 is 2.23 bits per heavy atom. The summed E-state index contributed by atoms with van der Waals surface area (Å²) in [6, 6.07) is 4.16. The molecule has 1 aliphatic carbocycles. The number of furan rings is 1. The molecule has 254 valence electrons. The van der Waals surface area contributed by atoms with Gasteiger partial charge in [0.1, 0.15) is 18.1 Å². The standard InChI is InChI=1S/C33H36BF6NO6/c1-4-5-18(10-22-7-8-23(16-42)46-22)6-9-27-28-24(17(2)3)14-25-29(26(28)15-34(45)47-27)31(44)41(30(25)43)21-12-19(32(35,36)37)11-20(13-21)33(38,39)40/h7-8,10-13,17,25-27,29,42,45H,4-6,9,14-16H2,1-3H3/b18-10+/t25-,26+,27-,29-/m1/s1. The lowest BCUT2D eigenvalue weighted by Crippen LogP contribution is -2.46. The molecule has 2 N–H and O–H groups in total. The summed E-state index contributed by atoms with van der Waals surface area (Å²) < 4.78 is 93.6. The van der Waals surface area contributed by atoms with Gasteiger partial charge in [-0.3, -0.25) is 9.59 Å². The SMILES string of the molecule is CCC/C(=C\c1ccc(CO)o1)CC[C@H]1OB(O)C[C@H]2C1=C(C(C)C)C[C@H]1C(=O)N(c3cc(C(F)(F)F)cc(C(F)(F)F)c3)C(=O)[C@H]12. The molecule has 3 aliphatic rings. The van der Waals surface area contributed by atoms with Crippen LogP contribution in [0.1, 0.15) is 75.5 Å². The van der Waals surface area contributed by atoms with E-state index in [1.54, 1.807) is 12.1 Å². The highest BCUT2D eigenvalue weighted by atomic mass is 19.4. The van der Waals surface area contributed by atoms with Crippen LogP contribution in [0.2, 0.25) is 6.32 Å². The molecule has 1 aromatic carbocycles. The normalized spacial score (nSPS) is 24.0. The van der Waals surface area contributed by atoms with Crippen molar-refractivity contribution in [2.45, 2.75) is 84.3 Å². The minimum atomic E-state index is -5.16. The first kappa shape index (κ1) is 35.0. The number of amides is 2. The highest BCUT2D eigenvalue weighted by Gasteiger charge is 2.58. The molecule has 7 nitrogen and oxygen atoms in total. The number of imide groups is 1. The van der Waals surface area contributed by atoms with Crippen molar-refractivity contribution in [3.8, 4) is 0 Å². The molecule has 0 radical (unpaired) electrons. The third-order valence-electron chi connectivity index (χ3n) is 9.25. The summed E-state index contributed by atoms with van der Waals surface area (Å²) in [7, 11) is -1.31. The summed E-state index contributed by atoms with van der Waals surface area (Å²) in [5.74, 6) is -3.70. The largest absolute Gasteiger partial charge is 0.459 e. The minimum absolute atomic E-state index is 0.0454. The van der Waals surface area contributed by atoms with E-state index in [-0.39, 0.29) is 31.3 Å². The number of hydrogen-bond acceptors (Lipinski definition) is 6. The second kappa shape index (κ2) is 13.3. The van der Waals surface area contributed by atoms with Gasteiger partial charge in [-0.15, -0.1) is 0 Å². The number of halogens is 6. The average Bonchev–Trinajstić information content (AvgIpc) is 3.55. The fraction of sp³-hybridized carbons (Fsp3) is 0.515. The van der Waals surface area contributed by atoms with Crippen LogP contribution in [0.25, 0.3) is 6.08 Å². The van der Waals surface area contributed by atoms with Crippen molar-refractivity contribution in [1.82, 2.24) is 0 Å². The molecule has 47 heavy (non-hydrogen) atoms. The van der Waals surface area contributed by atoms with Gasteiger partial charge in [-0.1, -0.05) is 38.3 Å². The van der Waals surface area contributed by atoms with Crippen molar-refractivity contribution >= 4 is 30.7 Å². The van der Waals surface area contributed by atoms with Crippen LogP contribution < -0.4 is 4.90 Å². The molecule has 1 aromatic heterocycles. The molecule has 2 aromatic rings. The van der Waals surface area contributed by atoms with Gasteiger partial charge < -0.3 is 19.2 Å². The Hall–Kier alpha value is -3.36. The van der Waals surface area contributed by atoms with Gasteiger partial charge in [-0.05, 0) is 85.8 Å². The molecule has 4 atom stereocenters. The minimum Gasteiger partial charge on any atom is -0.459 e. The highest BCUT2D eigenvalue weighted by Crippen LogP contribution is 2.53. The Labute approximate surface area is 268 Å². The average molecular weight is 667 g/mol. The molecular formula is C33H36BF6NO6. The number of carbonyl (C=O) groups excluding carboxylic acids is 2. The van der Waals surface area contributed by atoms with Crippen molar-refractivity contribution in [1.29, 1.82) is 0 Å². The van der Waals surface area contributed by atoms with Gasteiger partial charge in [0.25, 0.3) is 0 Å². The summed E-state index contributed by atoms with van der Waals surface area (Å²) >= 11 is 0. The maximum absolute atomic E-state index is 14.0. The molecule has 5 rings (SSSR count). The first-order chi connectivity index (χ1) is 22.0. The van der Waals surface area contributed by atoms with Crippen LogP contribution in [-0.4, -0.2) is 35.2 Å². The Bertz CT molecular complexity index is 1550. The molecule has 2 saturated heterocycles. The number of hydrogen-bond donors (Lipinski definition) is 2. The fourth-order valence-corrected chi connectivity index (χ4v) is 7.24. The smallest absolute Gasteiger partial charge is 0.455 e. The number of aliphatic hydroxyl groups is 1. The molecule has 0 unspecified atom stereocenters. The van der Waals surface area contributed by atoms with E-state index in [2.05, 4.69) is 0 Å². The van der Waals surface area contributed by atoms with Crippen LogP contribution >= 0.6 is 0 Å². The summed E-state index contributed by atoms with van der Waals surface area (Å²) in [5.41, 5.74) is -1.43. The second-order valence-corrected chi connectivity index (χ2v) is 12.7. The van der Waals surface area contributed by atoms with Crippen LogP contribution in [0.15, 0.2) is 51.5 Å². The Kier molecular flexibility index (Phi) is 9.87. The van der Waals surface area contributed by atoms with Crippen molar-refractivity contribution < 1.29 is 55.1 Å². The van der Waals surface area contributed by atoms with Gasteiger partial charge in [0.15, 0.2) is 0 Å². The second-order valence-electron chi connectivity index (χ2n) is 12.7. The molecular weight excluding hydrogens is 631 g/mol. The lowest BCUT2D eigenvalue weighted by Gasteiger charge is -2.44. The lowest BCUT2D eigenvalue weighted by atomic mass is 9.57. The van der Waals surface area contributed by atoms with E-state index in [0.29, 0.717) is 41.4 Å². The van der Waals surface area contributed by atoms with E-state index in [9.17, 15) is 46.1 Å². The Morgan fingerprint density at radius 1 is 1.02 bits per heavy atom. The van der Waals surface area contributed by atoms with Crippen molar-refractivity contribution in [2.75, 3.05) is 4.90 Å². The third-order valence-corrected chi connectivity index (χ3v) is 9.25. The first-order valence-electron chi connectivity index (χ1n) is 15.7.